The van der Waals surface area contributed by atoms with E-state index in [-0.39, 0.29) is 0 Å². The maximum absolute atomic E-state index is 12.4. The number of piperidine rings is 2. The van der Waals surface area contributed by atoms with Crippen molar-refractivity contribution in [1.82, 2.24) is 49.0 Å². The Morgan fingerprint density at radius 1 is 0.261 bits per heavy atom. The Kier molecular flexibility index (Phi) is 38.9. The Morgan fingerprint density at radius 3 is 0.851 bits per heavy atom. The summed E-state index contributed by atoms with van der Waals surface area (Å²) >= 11 is 18.6. The van der Waals surface area contributed by atoms with Crippen LogP contribution in [-0.2, 0) is 24.0 Å². The molecule has 8 aromatic rings. The van der Waals surface area contributed by atoms with Gasteiger partial charge in [0.15, 0.2) is 0 Å². The molecule has 722 valence electrons. The molecule has 134 heavy (non-hydrogen) atoms. The van der Waals surface area contributed by atoms with Crippen molar-refractivity contribution < 1.29 is 24.0 Å². The van der Waals surface area contributed by atoms with Gasteiger partial charge >= 0.3 is 0 Å². The molecule has 18 rings (SSSR count). The Bertz CT molecular complexity index is 4880. The second-order valence-electron chi connectivity index (χ2n) is 40.4. The molecule has 10 saturated heterocycles. The van der Waals surface area contributed by atoms with Crippen LogP contribution in [0.25, 0.3) is 10.8 Å². The minimum Gasteiger partial charge on any atom is -0.341 e. The highest BCUT2D eigenvalue weighted by atomic mass is 35.5. The largest absolute Gasteiger partial charge is 0.341 e. The average Bonchev–Trinajstić information content (AvgIpc) is 1.78. The number of amides is 5. The lowest BCUT2D eigenvalue weighted by Gasteiger charge is -2.41. The number of rotatable bonds is 27. The van der Waals surface area contributed by atoms with Crippen LogP contribution in [0.3, 0.4) is 0 Å². The van der Waals surface area contributed by atoms with Crippen molar-refractivity contribution in [3.8, 4) is 0 Å². The number of benzene rings is 8. The van der Waals surface area contributed by atoms with Crippen LogP contribution in [-0.4, -0.2) is 237 Å². The minimum absolute atomic E-state index is 0.302. The first kappa shape index (κ1) is 102. The van der Waals surface area contributed by atoms with Gasteiger partial charge in [0.05, 0.1) is 10.0 Å². The van der Waals surface area contributed by atoms with Gasteiger partial charge in [0, 0.05) is 180 Å². The Hall–Kier alpha value is -7.96. The third-order valence-corrected chi connectivity index (χ3v) is 33.4. The van der Waals surface area contributed by atoms with Gasteiger partial charge < -0.3 is 24.5 Å². The topological polar surface area (TPSA) is 118 Å². The predicted octanol–water partition coefficient (Wildman–Crippen LogP) is 24.2. The lowest BCUT2D eigenvalue weighted by molar-refractivity contribution is -0.132. The molecule has 10 heterocycles. The monoisotopic (exact) mass is 1880 g/mol. The molecular weight excluding hydrogens is 1720 g/mol. The van der Waals surface area contributed by atoms with E-state index in [9.17, 15) is 24.0 Å². The number of fused-ring (bicyclic) bond motifs is 11. The summed E-state index contributed by atoms with van der Waals surface area (Å²) < 4.78 is 0. The van der Waals surface area contributed by atoms with Gasteiger partial charge in [-0.3, -0.25) is 48.5 Å². The summed E-state index contributed by atoms with van der Waals surface area (Å²) in [6, 6.07) is 79.2. The van der Waals surface area contributed by atoms with Crippen LogP contribution in [0.15, 0.2) is 206 Å². The van der Waals surface area contributed by atoms with Gasteiger partial charge in [0.25, 0.3) is 0 Å². The first-order chi connectivity index (χ1) is 65.3. The third kappa shape index (κ3) is 26.9. The number of nitrogens with zero attached hydrogens (tertiary/aromatic N) is 10. The first-order valence-corrected chi connectivity index (χ1v) is 53.5. The lowest BCUT2D eigenvalue weighted by atomic mass is 9.87. The van der Waals surface area contributed by atoms with Crippen molar-refractivity contribution >= 4 is 75.1 Å². The fourth-order valence-corrected chi connectivity index (χ4v) is 25.1. The molecule has 10 aliphatic rings. The van der Waals surface area contributed by atoms with Crippen LogP contribution >= 0.6 is 34.8 Å². The van der Waals surface area contributed by atoms with Crippen molar-refractivity contribution in [3.63, 3.8) is 0 Å². The summed E-state index contributed by atoms with van der Waals surface area (Å²) in [6.45, 7) is 31.7. The standard InChI is InChI=1S/C26H34N2O.C25H32N2O.C24H31ClN2O.C21H32N2O.C20H28Cl2N2O/c1-2-26(29)27-18-16-23-14-9-15-24(20-27)28(23)19-17-25(21-10-5-3-6-11-21)22-12-7-4-8-13-22;1-2-25(28)26-17-15-22-13-14-23(19-26)27(22)18-16-24(20-9-5-3-6-10-20)21-11-7-4-8-12-21;1-3-24(28)26-14-13-18-8-9-19(16-26)27(18)15-12-17(2)20-10-11-23(25)22-7-5-4-6-21(20)22;1-3-21(24)22-14-13-19-10-7-11-20(16-22)23(19)15-12-17(2)18-8-5-4-6-9-18;1-3-20(25)23-10-9-16-5-6-17(13-23)24(16)11-8-14(2)15-4-7-18(21)19(22)12-15/h3-8,10-13,23-25H,2,9,14-20H2,1H3;3-12,22-24H,2,13-19H2,1H3;4-7,10-11,17-19H,3,8-9,12-16H2,1-2H3;4-6,8-9,17,19-20H,3,7,10-16H2,1-2H3;4,7,12,14,16-17H,3,5-6,8-11,13H2,1-2H3. The van der Waals surface area contributed by atoms with Crippen molar-refractivity contribution in [2.45, 2.75) is 319 Å². The van der Waals surface area contributed by atoms with Gasteiger partial charge in [-0.25, -0.2) is 0 Å². The second-order valence-corrected chi connectivity index (χ2v) is 41.6. The van der Waals surface area contributed by atoms with Gasteiger partial charge in [-0.05, 0) is 241 Å². The smallest absolute Gasteiger partial charge is 0.222 e. The van der Waals surface area contributed by atoms with Gasteiger partial charge in [0.1, 0.15) is 0 Å². The van der Waals surface area contributed by atoms with Gasteiger partial charge in [-0.1, -0.05) is 291 Å². The molecule has 10 fully saturated rings. The highest BCUT2D eigenvalue weighted by molar-refractivity contribution is 6.42. The number of halogens is 3. The molecule has 5 amide bonds. The molecule has 13 unspecified atom stereocenters. The summed E-state index contributed by atoms with van der Waals surface area (Å²) in [6.07, 6.45) is 29.7. The maximum Gasteiger partial charge on any atom is 0.222 e. The van der Waals surface area contributed by atoms with Crippen LogP contribution in [0.4, 0.5) is 0 Å². The van der Waals surface area contributed by atoms with Crippen LogP contribution in [0.2, 0.25) is 15.1 Å². The highest BCUT2D eigenvalue weighted by Gasteiger charge is 2.43. The fourth-order valence-electron chi connectivity index (χ4n) is 24.5. The van der Waals surface area contributed by atoms with E-state index < -0.39 is 0 Å². The lowest BCUT2D eigenvalue weighted by Crippen LogP contribution is -2.49. The van der Waals surface area contributed by atoms with E-state index in [1.165, 1.54) is 134 Å². The zero-order valence-corrected chi connectivity index (χ0v) is 84.4. The molecule has 10 bridgehead atoms. The van der Waals surface area contributed by atoms with Crippen LogP contribution < -0.4 is 0 Å². The summed E-state index contributed by atoms with van der Waals surface area (Å²) in [5.41, 5.74) is 9.70. The fraction of sp³-hybridized carbons (Fsp3) is 0.560. The summed E-state index contributed by atoms with van der Waals surface area (Å²) in [7, 11) is 0. The van der Waals surface area contributed by atoms with E-state index in [4.69, 9.17) is 34.8 Å². The zero-order chi connectivity index (χ0) is 94.0. The van der Waals surface area contributed by atoms with E-state index in [0.717, 1.165) is 160 Å². The van der Waals surface area contributed by atoms with Gasteiger partial charge in [0.2, 0.25) is 29.5 Å². The Balaban J connectivity index is 0.000000135. The Morgan fingerprint density at radius 2 is 0.522 bits per heavy atom. The summed E-state index contributed by atoms with van der Waals surface area (Å²) in [4.78, 5) is 85.2. The molecular formula is C116H157Cl3N10O5. The van der Waals surface area contributed by atoms with E-state index in [2.05, 4.69) is 258 Å². The van der Waals surface area contributed by atoms with E-state index in [0.29, 0.717) is 162 Å². The maximum atomic E-state index is 12.4. The molecule has 13 atom stereocenters. The van der Waals surface area contributed by atoms with E-state index in [1.54, 1.807) is 0 Å². The number of likely N-dealkylation sites (tertiary alicyclic amines) is 3. The molecule has 15 nitrogen and oxygen atoms in total. The van der Waals surface area contributed by atoms with Crippen LogP contribution in [0.5, 0.6) is 0 Å². The summed E-state index contributed by atoms with van der Waals surface area (Å²) in [5.74, 6) is 3.98. The number of hydrogen-bond donors (Lipinski definition) is 0. The van der Waals surface area contributed by atoms with Gasteiger partial charge in [-0.15, -0.1) is 0 Å². The number of carbonyl (C=O) groups is 5. The van der Waals surface area contributed by atoms with Crippen molar-refractivity contribution in [2.24, 2.45) is 0 Å². The zero-order valence-electron chi connectivity index (χ0n) is 82.1. The molecule has 8 aromatic carbocycles. The molecule has 0 radical (unpaired) electrons. The molecule has 0 aromatic heterocycles. The molecule has 0 spiro atoms. The Labute approximate surface area is 819 Å². The minimum atomic E-state index is 0.302. The highest BCUT2D eigenvalue weighted by Crippen LogP contribution is 2.42. The SMILES string of the molecule is CCC(=O)N1CCC2CCC(C1)N2CCC(C)c1ccc(Cl)c(Cl)c1.CCC(=O)N1CCC2CCC(C1)N2CCC(C)c1ccc(Cl)c2ccccc12.CCC(=O)N1CCC2CCC(C1)N2CCC(c1ccccc1)c1ccccc1.CCC(=O)N1CCC2CCCC(C1)N2CCC(C)c1ccccc1.CCC(=O)N1CCC2CCCC(C1)N2CCC(c1ccccc1)c1ccccc1. The van der Waals surface area contributed by atoms with Crippen molar-refractivity contribution in [1.29, 1.82) is 0 Å². The van der Waals surface area contributed by atoms with Crippen molar-refractivity contribution in [3.05, 3.63) is 260 Å². The van der Waals surface area contributed by atoms with Crippen molar-refractivity contribution in [2.75, 3.05) is 98.2 Å². The van der Waals surface area contributed by atoms with E-state index in [1.807, 2.05) is 52.8 Å². The quantitative estimate of drug-likeness (QED) is 0.0492. The molecule has 0 N–H and O–H groups in total. The molecule has 0 saturated carbocycles. The van der Waals surface area contributed by atoms with E-state index >= 15 is 0 Å². The molecule has 18 heteroatoms. The second kappa shape index (κ2) is 51.1. The molecule has 0 aliphatic carbocycles. The first-order valence-electron chi connectivity index (χ1n) is 52.3. The third-order valence-electron chi connectivity index (χ3n) is 32.4. The predicted molar refractivity (Wildman–Crippen MR) is 554 cm³/mol. The van der Waals surface area contributed by atoms with Crippen LogP contribution in [0, 0.1) is 0 Å². The normalized spacial score (nSPS) is 23.8. The molecule has 10 aliphatic heterocycles. The number of carbonyl (C=O) groups excluding carboxylic acids is 5. The number of hydrogen-bond acceptors (Lipinski definition) is 10. The van der Waals surface area contributed by atoms with Crippen LogP contribution in [0.1, 0.15) is 297 Å². The average molecular weight is 1880 g/mol. The van der Waals surface area contributed by atoms with Gasteiger partial charge in [-0.2, -0.15) is 0 Å². The summed E-state index contributed by atoms with van der Waals surface area (Å²) in [5, 5.41) is 4.51.